The van der Waals surface area contributed by atoms with Crippen LogP contribution in [-0.4, -0.2) is 18.4 Å². The molecule has 0 unspecified atom stereocenters. The maximum atomic E-state index is 12.7. The summed E-state index contributed by atoms with van der Waals surface area (Å²) in [7, 11) is 0. The smallest absolute Gasteiger partial charge is 0.268 e. The van der Waals surface area contributed by atoms with Crippen LogP contribution in [0.25, 0.3) is 6.08 Å². The van der Waals surface area contributed by atoms with Crippen molar-refractivity contribution in [3.63, 3.8) is 0 Å². The van der Waals surface area contributed by atoms with Gasteiger partial charge in [0, 0.05) is 11.6 Å². The van der Waals surface area contributed by atoms with Crippen molar-refractivity contribution in [1.29, 1.82) is 0 Å². The molecule has 0 aliphatic heterocycles. The van der Waals surface area contributed by atoms with Crippen LogP contribution < -0.4 is 15.4 Å². The lowest BCUT2D eigenvalue weighted by molar-refractivity contribution is -0.118. The highest BCUT2D eigenvalue weighted by Gasteiger charge is 2.16. The lowest BCUT2D eigenvalue weighted by Gasteiger charge is -2.11. The normalized spacial score (nSPS) is 11.2. The Labute approximate surface area is 174 Å². The van der Waals surface area contributed by atoms with E-state index in [1.807, 2.05) is 0 Å². The molecule has 3 aromatic rings. The second-order valence-corrected chi connectivity index (χ2v) is 6.52. The standard InChI is InChI=1S/C23H24N2O5/c1-2-3-12-28-18-10-8-17(9-11-18)22(26)25-21(15-19-6-4-13-29-19)23(27)24-16-20-7-5-14-30-20/h4-11,13-15H,2-3,12,16H2,1H3,(H,24,27)(H,25,26)/b21-15+. The van der Waals surface area contributed by atoms with Gasteiger partial charge in [0.15, 0.2) is 0 Å². The minimum Gasteiger partial charge on any atom is -0.494 e. The number of hydrogen-bond donors (Lipinski definition) is 2. The molecule has 7 nitrogen and oxygen atoms in total. The third-order valence-corrected chi connectivity index (χ3v) is 4.21. The Hall–Kier alpha value is -3.74. The van der Waals surface area contributed by atoms with Gasteiger partial charge in [0.1, 0.15) is 23.0 Å². The summed E-state index contributed by atoms with van der Waals surface area (Å²) in [4.78, 5) is 25.3. The number of amides is 2. The Morgan fingerprint density at radius 2 is 1.80 bits per heavy atom. The van der Waals surface area contributed by atoms with Crippen LogP contribution in [0.15, 0.2) is 75.6 Å². The summed E-state index contributed by atoms with van der Waals surface area (Å²) < 4.78 is 16.1. The van der Waals surface area contributed by atoms with Crippen LogP contribution in [0.3, 0.4) is 0 Å². The molecule has 7 heteroatoms. The van der Waals surface area contributed by atoms with E-state index in [1.54, 1.807) is 48.5 Å². The molecule has 30 heavy (non-hydrogen) atoms. The molecular formula is C23H24N2O5. The predicted octanol–water partition coefficient (Wildman–Crippen LogP) is 4.14. The van der Waals surface area contributed by atoms with Crippen LogP contribution >= 0.6 is 0 Å². The Morgan fingerprint density at radius 3 is 2.47 bits per heavy atom. The molecule has 156 valence electrons. The molecule has 0 spiro atoms. The van der Waals surface area contributed by atoms with Crippen molar-refractivity contribution < 1.29 is 23.2 Å². The van der Waals surface area contributed by atoms with Gasteiger partial charge in [0.2, 0.25) is 0 Å². The van der Waals surface area contributed by atoms with Crippen LogP contribution in [0, 0.1) is 0 Å². The van der Waals surface area contributed by atoms with Gasteiger partial charge in [-0.1, -0.05) is 13.3 Å². The second-order valence-electron chi connectivity index (χ2n) is 6.52. The molecule has 0 bridgehead atoms. The topological polar surface area (TPSA) is 93.7 Å². The first-order valence-corrected chi connectivity index (χ1v) is 9.75. The number of hydrogen-bond acceptors (Lipinski definition) is 5. The van der Waals surface area contributed by atoms with Gasteiger partial charge in [0.25, 0.3) is 11.8 Å². The molecule has 0 saturated carbocycles. The van der Waals surface area contributed by atoms with Gasteiger partial charge in [-0.2, -0.15) is 0 Å². The summed E-state index contributed by atoms with van der Waals surface area (Å²) in [5.41, 5.74) is 0.465. The van der Waals surface area contributed by atoms with Crippen molar-refractivity contribution >= 4 is 17.9 Å². The Kier molecular flexibility index (Phi) is 7.49. The van der Waals surface area contributed by atoms with E-state index in [2.05, 4.69) is 17.6 Å². The van der Waals surface area contributed by atoms with Crippen LogP contribution in [0.2, 0.25) is 0 Å². The quantitative estimate of drug-likeness (QED) is 0.388. The van der Waals surface area contributed by atoms with Gasteiger partial charge in [-0.05, 0) is 55.0 Å². The first-order chi connectivity index (χ1) is 14.7. The SMILES string of the molecule is CCCCOc1ccc(C(=O)N/C(=C/c2ccco2)C(=O)NCc2ccco2)cc1. The number of rotatable bonds is 10. The highest BCUT2D eigenvalue weighted by Crippen LogP contribution is 2.14. The second kappa shape index (κ2) is 10.7. The van der Waals surface area contributed by atoms with Gasteiger partial charge in [0.05, 0.1) is 25.7 Å². The first kappa shape index (κ1) is 21.0. The molecule has 0 fully saturated rings. The monoisotopic (exact) mass is 408 g/mol. The van der Waals surface area contributed by atoms with Crippen molar-refractivity contribution in [3.8, 4) is 5.75 Å². The zero-order valence-electron chi connectivity index (χ0n) is 16.7. The van der Waals surface area contributed by atoms with E-state index in [1.165, 1.54) is 18.6 Å². The van der Waals surface area contributed by atoms with Crippen molar-refractivity contribution in [1.82, 2.24) is 10.6 Å². The highest BCUT2D eigenvalue weighted by atomic mass is 16.5. The minimum atomic E-state index is -0.462. The zero-order valence-corrected chi connectivity index (χ0v) is 16.7. The number of nitrogens with one attached hydrogen (secondary N) is 2. The van der Waals surface area contributed by atoms with Crippen molar-refractivity contribution in [2.45, 2.75) is 26.3 Å². The van der Waals surface area contributed by atoms with Crippen LogP contribution in [0.1, 0.15) is 41.6 Å². The fourth-order valence-electron chi connectivity index (χ4n) is 2.58. The molecular weight excluding hydrogens is 384 g/mol. The predicted molar refractivity (Wildman–Crippen MR) is 112 cm³/mol. The van der Waals surface area contributed by atoms with Crippen molar-refractivity contribution in [3.05, 3.63) is 83.8 Å². The number of carbonyl (C=O) groups is 2. The van der Waals surface area contributed by atoms with E-state index in [0.717, 1.165) is 12.8 Å². The van der Waals surface area contributed by atoms with E-state index < -0.39 is 11.8 Å². The molecule has 0 aliphatic carbocycles. The van der Waals surface area contributed by atoms with Gasteiger partial charge >= 0.3 is 0 Å². The Morgan fingerprint density at radius 1 is 1.03 bits per heavy atom. The summed E-state index contributed by atoms with van der Waals surface area (Å²) in [5, 5.41) is 5.37. The maximum Gasteiger partial charge on any atom is 0.268 e. The molecule has 2 aromatic heterocycles. The van der Waals surface area contributed by atoms with Gasteiger partial charge in [-0.25, -0.2) is 0 Å². The number of benzene rings is 1. The number of carbonyl (C=O) groups excluding carboxylic acids is 2. The van der Waals surface area contributed by atoms with Crippen molar-refractivity contribution in [2.24, 2.45) is 0 Å². The van der Waals surface area contributed by atoms with E-state index in [-0.39, 0.29) is 12.2 Å². The summed E-state index contributed by atoms with van der Waals surface area (Å²) in [6.45, 7) is 2.92. The molecule has 0 radical (unpaired) electrons. The first-order valence-electron chi connectivity index (χ1n) is 9.75. The average Bonchev–Trinajstić information content (AvgIpc) is 3.46. The lowest BCUT2D eigenvalue weighted by atomic mass is 10.2. The zero-order chi connectivity index (χ0) is 21.2. The van der Waals surface area contributed by atoms with Crippen LogP contribution in [0.4, 0.5) is 0 Å². The van der Waals surface area contributed by atoms with Crippen LogP contribution in [0.5, 0.6) is 5.75 Å². The Balaban J connectivity index is 1.67. The third kappa shape index (κ3) is 6.13. The highest BCUT2D eigenvalue weighted by molar-refractivity contribution is 6.05. The largest absolute Gasteiger partial charge is 0.494 e. The molecule has 0 saturated heterocycles. The minimum absolute atomic E-state index is 0.0600. The fraction of sp³-hybridized carbons (Fsp3) is 0.217. The molecule has 2 heterocycles. The lowest BCUT2D eigenvalue weighted by Crippen LogP contribution is -2.34. The summed E-state index contributed by atoms with van der Waals surface area (Å²) in [6, 6.07) is 13.6. The van der Waals surface area contributed by atoms with Gasteiger partial charge in [-0.15, -0.1) is 0 Å². The van der Waals surface area contributed by atoms with Crippen molar-refractivity contribution in [2.75, 3.05) is 6.61 Å². The van der Waals surface area contributed by atoms with Gasteiger partial charge < -0.3 is 24.2 Å². The molecule has 2 N–H and O–H groups in total. The maximum absolute atomic E-state index is 12.7. The Bertz CT molecular complexity index is 958. The summed E-state index contributed by atoms with van der Waals surface area (Å²) in [6.07, 6.45) is 6.50. The number of furan rings is 2. The van der Waals surface area contributed by atoms with E-state index in [4.69, 9.17) is 13.6 Å². The molecule has 1 aromatic carbocycles. The van der Waals surface area contributed by atoms with Gasteiger partial charge in [-0.3, -0.25) is 9.59 Å². The fourth-order valence-corrected chi connectivity index (χ4v) is 2.58. The number of ether oxygens (including phenoxy) is 1. The summed E-state index contributed by atoms with van der Waals surface area (Å²) >= 11 is 0. The van der Waals surface area contributed by atoms with E-state index >= 15 is 0 Å². The number of unbranched alkanes of at least 4 members (excludes halogenated alkanes) is 1. The van der Waals surface area contributed by atoms with E-state index in [9.17, 15) is 9.59 Å². The van der Waals surface area contributed by atoms with Crippen LogP contribution in [-0.2, 0) is 11.3 Å². The molecule has 0 atom stereocenters. The third-order valence-electron chi connectivity index (χ3n) is 4.21. The van der Waals surface area contributed by atoms with E-state index in [0.29, 0.717) is 29.4 Å². The molecule has 0 aliphatic rings. The average molecular weight is 408 g/mol. The molecule has 3 rings (SSSR count). The molecule has 2 amide bonds. The summed E-state index contributed by atoms with van der Waals surface area (Å²) in [5.74, 6) is 0.864.